The first-order valence-electron chi connectivity index (χ1n) is 7.61. The zero-order valence-electron chi connectivity index (χ0n) is 13.7. The molecule has 0 bridgehead atoms. The van der Waals surface area contributed by atoms with Crippen LogP contribution in [0.4, 0.5) is 28.9 Å². The van der Waals surface area contributed by atoms with Gasteiger partial charge in [0.1, 0.15) is 18.0 Å². The van der Waals surface area contributed by atoms with Gasteiger partial charge in [0.25, 0.3) is 5.69 Å². The van der Waals surface area contributed by atoms with Gasteiger partial charge in [-0.2, -0.15) is 17.5 Å². The summed E-state index contributed by atoms with van der Waals surface area (Å²) in [5.41, 5.74) is -0.296. The summed E-state index contributed by atoms with van der Waals surface area (Å²) in [7, 11) is -4.07. The van der Waals surface area contributed by atoms with Crippen LogP contribution in [0.2, 0.25) is 0 Å². The fraction of sp³-hybridized carbons (Fsp3) is 0.571. The van der Waals surface area contributed by atoms with E-state index < -0.39 is 45.2 Å². The summed E-state index contributed by atoms with van der Waals surface area (Å²) < 4.78 is 75.1. The van der Waals surface area contributed by atoms with E-state index in [0.717, 1.165) is 18.4 Å². The van der Waals surface area contributed by atoms with E-state index in [1.165, 1.54) is 6.07 Å². The van der Waals surface area contributed by atoms with Gasteiger partial charge in [0.05, 0.1) is 17.2 Å². The monoisotopic (exact) mass is 399 g/mol. The van der Waals surface area contributed by atoms with Crippen molar-refractivity contribution in [1.82, 2.24) is 4.31 Å². The van der Waals surface area contributed by atoms with E-state index in [4.69, 9.17) is 0 Å². The van der Waals surface area contributed by atoms with Gasteiger partial charge < -0.3 is 4.90 Å². The normalized spacial score (nSPS) is 16.9. The largest absolute Gasteiger partial charge is 0.402 e. The van der Waals surface area contributed by atoms with Gasteiger partial charge in [0.15, 0.2) is 0 Å². The predicted octanol–water partition coefficient (Wildman–Crippen LogP) is 2.53. The standard InChI is InChI=1S/C14H17F4N3O4S/c1-26(24,25)20(9-14(16,17)18)11-4-6-19(7-5-11)12-3-2-10(15)8-13(12)21(22)23/h2-3,8,11H,4-7,9H2,1H3. The molecule has 0 N–H and O–H groups in total. The maximum absolute atomic E-state index is 13.2. The van der Waals surface area contributed by atoms with Gasteiger partial charge in [0, 0.05) is 19.1 Å². The van der Waals surface area contributed by atoms with Crippen LogP contribution in [0.15, 0.2) is 18.2 Å². The highest BCUT2D eigenvalue weighted by Crippen LogP contribution is 2.32. The molecule has 1 saturated heterocycles. The molecule has 0 spiro atoms. The number of hydrogen-bond donors (Lipinski definition) is 0. The zero-order chi connectivity index (χ0) is 19.7. The van der Waals surface area contributed by atoms with Crippen LogP contribution < -0.4 is 4.90 Å². The first-order chi connectivity index (χ1) is 11.9. The Morgan fingerprint density at radius 3 is 2.35 bits per heavy atom. The van der Waals surface area contributed by atoms with E-state index >= 15 is 0 Å². The van der Waals surface area contributed by atoms with Crippen LogP contribution in [0.25, 0.3) is 0 Å². The summed E-state index contributed by atoms with van der Waals surface area (Å²) in [6.07, 6.45) is -3.82. The minimum Gasteiger partial charge on any atom is -0.366 e. The number of nitro benzene ring substituents is 1. The molecule has 1 heterocycles. The van der Waals surface area contributed by atoms with Gasteiger partial charge in [-0.3, -0.25) is 10.1 Å². The van der Waals surface area contributed by atoms with Crippen molar-refractivity contribution in [2.45, 2.75) is 25.1 Å². The molecule has 0 aliphatic carbocycles. The summed E-state index contributed by atoms with van der Waals surface area (Å²) in [6, 6.07) is 2.20. The van der Waals surface area contributed by atoms with Crippen molar-refractivity contribution >= 4 is 21.4 Å². The Morgan fingerprint density at radius 1 is 1.31 bits per heavy atom. The van der Waals surface area contributed by atoms with Crippen LogP contribution in [-0.4, -0.2) is 55.8 Å². The SMILES string of the molecule is CS(=O)(=O)N(CC(F)(F)F)C1CCN(c2ccc(F)cc2[N+](=O)[O-])CC1. The molecule has 0 unspecified atom stereocenters. The molecule has 12 heteroatoms. The molecule has 7 nitrogen and oxygen atoms in total. The van der Waals surface area contributed by atoms with E-state index in [1.54, 1.807) is 4.90 Å². The molecule has 146 valence electrons. The quantitative estimate of drug-likeness (QED) is 0.432. The lowest BCUT2D eigenvalue weighted by Crippen LogP contribution is -2.50. The maximum atomic E-state index is 13.2. The lowest BCUT2D eigenvalue weighted by molar-refractivity contribution is -0.384. The zero-order valence-corrected chi connectivity index (χ0v) is 14.6. The number of sulfonamides is 1. The highest BCUT2D eigenvalue weighted by molar-refractivity contribution is 7.88. The number of benzene rings is 1. The molecule has 0 atom stereocenters. The van der Waals surface area contributed by atoms with Gasteiger partial charge in [0.2, 0.25) is 10.0 Å². The molecule has 26 heavy (non-hydrogen) atoms. The summed E-state index contributed by atoms with van der Waals surface area (Å²) in [6.45, 7) is -1.35. The predicted molar refractivity (Wildman–Crippen MR) is 85.9 cm³/mol. The first kappa shape index (κ1) is 20.4. The molecule has 1 aliphatic heterocycles. The van der Waals surface area contributed by atoms with Crippen LogP contribution in [-0.2, 0) is 10.0 Å². The fourth-order valence-corrected chi connectivity index (χ4v) is 4.13. The second-order valence-corrected chi connectivity index (χ2v) is 7.97. The lowest BCUT2D eigenvalue weighted by atomic mass is 10.0. The Bertz CT molecular complexity index is 777. The third-order valence-electron chi connectivity index (χ3n) is 4.11. The average Bonchev–Trinajstić information content (AvgIpc) is 2.51. The second-order valence-electron chi connectivity index (χ2n) is 6.03. The summed E-state index contributed by atoms with van der Waals surface area (Å²) in [5.74, 6) is -0.774. The lowest BCUT2D eigenvalue weighted by Gasteiger charge is -2.38. The third-order valence-corrected chi connectivity index (χ3v) is 5.39. The summed E-state index contributed by atoms with van der Waals surface area (Å²) in [4.78, 5) is 11.9. The van der Waals surface area contributed by atoms with E-state index in [0.29, 0.717) is 4.31 Å². The molecule has 1 aliphatic rings. The van der Waals surface area contributed by atoms with Crippen molar-refractivity contribution < 1.29 is 30.9 Å². The van der Waals surface area contributed by atoms with Crippen molar-refractivity contribution in [3.05, 3.63) is 34.1 Å². The van der Waals surface area contributed by atoms with Crippen molar-refractivity contribution in [3.63, 3.8) is 0 Å². The minimum absolute atomic E-state index is 0.0671. The molecule has 2 rings (SSSR count). The maximum Gasteiger partial charge on any atom is 0.402 e. The average molecular weight is 399 g/mol. The Kier molecular flexibility index (Phi) is 5.76. The molecule has 1 fully saturated rings. The molecule has 0 amide bonds. The van der Waals surface area contributed by atoms with Crippen LogP contribution >= 0.6 is 0 Å². The topological polar surface area (TPSA) is 83.8 Å². The molecular weight excluding hydrogens is 382 g/mol. The van der Waals surface area contributed by atoms with Gasteiger partial charge in [-0.25, -0.2) is 12.8 Å². The van der Waals surface area contributed by atoms with E-state index in [2.05, 4.69) is 0 Å². The molecule has 1 aromatic carbocycles. The van der Waals surface area contributed by atoms with Crippen LogP contribution in [0.3, 0.4) is 0 Å². The van der Waals surface area contributed by atoms with Gasteiger partial charge in [-0.15, -0.1) is 0 Å². The van der Waals surface area contributed by atoms with E-state index in [1.807, 2.05) is 0 Å². The van der Waals surface area contributed by atoms with Gasteiger partial charge in [-0.1, -0.05) is 0 Å². The number of anilines is 1. The van der Waals surface area contributed by atoms with Crippen molar-refractivity contribution in [2.24, 2.45) is 0 Å². The smallest absolute Gasteiger partial charge is 0.366 e. The number of alkyl halides is 3. The van der Waals surface area contributed by atoms with E-state index in [-0.39, 0.29) is 31.6 Å². The van der Waals surface area contributed by atoms with Gasteiger partial charge in [-0.05, 0) is 25.0 Å². The van der Waals surface area contributed by atoms with Crippen LogP contribution in [0.5, 0.6) is 0 Å². The number of hydrogen-bond acceptors (Lipinski definition) is 5. The highest BCUT2D eigenvalue weighted by atomic mass is 32.2. The minimum atomic E-state index is -4.67. The summed E-state index contributed by atoms with van der Waals surface area (Å²) >= 11 is 0. The first-order valence-corrected chi connectivity index (χ1v) is 9.46. The fourth-order valence-electron chi connectivity index (χ4n) is 3.00. The number of piperidine rings is 1. The number of nitrogens with zero attached hydrogens (tertiary/aromatic N) is 3. The van der Waals surface area contributed by atoms with Crippen molar-refractivity contribution in [2.75, 3.05) is 30.8 Å². The van der Waals surface area contributed by atoms with Crippen molar-refractivity contribution in [1.29, 1.82) is 0 Å². The summed E-state index contributed by atoms with van der Waals surface area (Å²) in [5, 5.41) is 11.1. The molecule has 0 radical (unpaired) electrons. The molecule has 1 aromatic rings. The number of rotatable bonds is 5. The number of nitro groups is 1. The highest BCUT2D eigenvalue weighted by Gasteiger charge is 2.40. The number of halogens is 4. The van der Waals surface area contributed by atoms with E-state index in [9.17, 15) is 36.1 Å². The van der Waals surface area contributed by atoms with Gasteiger partial charge >= 0.3 is 6.18 Å². The molecule has 0 aromatic heterocycles. The Hall–Kier alpha value is -1.95. The molecular formula is C14H17F4N3O4S. The Morgan fingerprint density at radius 2 is 1.88 bits per heavy atom. The second kappa shape index (κ2) is 7.35. The Balaban J connectivity index is 2.17. The van der Waals surface area contributed by atoms with Crippen molar-refractivity contribution in [3.8, 4) is 0 Å². The Labute approximate surface area is 147 Å². The molecule has 0 saturated carbocycles. The van der Waals surface area contributed by atoms with Crippen LogP contribution in [0, 0.1) is 15.9 Å². The third kappa shape index (κ3) is 5.04. The van der Waals surface area contributed by atoms with Crippen LogP contribution in [0.1, 0.15) is 12.8 Å².